The molecule has 3 N–H and O–H groups in total. The van der Waals surface area contributed by atoms with Gasteiger partial charge in [-0.25, -0.2) is 4.98 Å². The largest absolute Gasteiger partial charge is 0.497 e. The van der Waals surface area contributed by atoms with Gasteiger partial charge >= 0.3 is 0 Å². The normalized spacial score (nSPS) is 19.8. The first-order chi connectivity index (χ1) is 21.3. The van der Waals surface area contributed by atoms with Gasteiger partial charge in [-0.3, -0.25) is 4.57 Å². The maximum Gasteiger partial charge on any atom is 0.247 e. The molecule has 1 unspecified atom stereocenters. The number of ether oxygens (including phenoxy) is 3. The molecule has 0 aliphatic carbocycles. The summed E-state index contributed by atoms with van der Waals surface area (Å²) in [6.07, 6.45) is 4.31. The number of hydrogen-bond donors (Lipinski definition) is 3. The molecule has 1 aliphatic heterocycles. The summed E-state index contributed by atoms with van der Waals surface area (Å²) in [6, 6.07) is 27.7. The summed E-state index contributed by atoms with van der Waals surface area (Å²) in [7, 11) is 1.62. The first kappa shape index (κ1) is 28.7. The topological polar surface area (TPSA) is 124 Å². The molecule has 222 valence electrons. The number of rotatable bonds is 9. The van der Waals surface area contributed by atoms with Crippen LogP contribution in [0.1, 0.15) is 29.8 Å². The molecule has 1 saturated heterocycles. The maximum absolute atomic E-state index is 11.2. The third-order valence-corrected chi connectivity index (χ3v) is 7.75. The Morgan fingerprint density at radius 3 is 2.20 bits per heavy atom. The molecule has 44 heavy (non-hydrogen) atoms. The van der Waals surface area contributed by atoms with E-state index in [0.717, 1.165) is 16.7 Å². The number of nitrogens with zero attached hydrogens (tertiary/aromatic N) is 4. The van der Waals surface area contributed by atoms with E-state index in [9.17, 15) is 10.2 Å². The molecule has 3 aromatic carbocycles. The fourth-order valence-corrected chi connectivity index (χ4v) is 5.55. The molecule has 1 aliphatic rings. The predicted molar refractivity (Wildman–Crippen MR) is 165 cm³/mol. The Morgan fingerprint density at radius 1 is 1.02 bits per heavy atom. The van der Waals surface area contributed by atoms with Crippen molar-refractivity contribution in [2.75, 3.05) is 19.0 Å². The summed E-state index contributed by atoms with van der Waals surface area (Å²) in [5, 5.41) is 25.5. The van der Waals surface area contributed by atoms with E-state index in [1.807, 2.05) is 91.9 Å². The van der Waals surface area contributed by atoms with Crippen LogP contribution >= 0.6 is 0 Å². The number of hydrogen-bond acceptors (Lipinski definition) is 9. The van der Waals surface area contributed by atoms with Crippen LogP contribution in [0.4, 0.5) is 5.95 Å². The van der Waals surface area contributed by atoms with Gasteiger partial charge < -0.3 is 29.7 Å². The van der Waals surface area contributed by atoms with E-state index in [4.69, 9.17) is 30.6 Å². The Balaban J connectivity index is 1.59. The van der Waals surface area contributed by atoms with Crippen LogP contribution in [0, 0.1) is 12.3 Å². The number of nitrogens with one attached hydrogen (secondary N) is 1. The number of terminal acetylenes is 1. The van der Waals surface area contributed by atoms with E-state index in [-0.39, 0.29) is 23.2 Å². The van der Waals surface area contributed by atoms with Crippen LogP contribution < -0.4 is 14.8 Å². The quantitative estimate of drug-likeness (QED) is 0.170. The van der Waals surface area contributed by atoms with Gasteiger partial charge in [0.25, 0.3) is 0 Å². The highest BCUT2D eigenvalue weighted by atomic mass is 16.6. The average Bonchev–Trinajstić information content (AvgIpc) is 3.59. The molecule has 6 rings (SSSR count). The van der Waals surface area contributed by atoms with Crippen molar-refractivity contribution in [2.24, 2.45) is 0 Å². The van der Waals surface area contributed by atoms with Gasteiger partial charge in [0.1, 0.15) is 23.4 Å². The Labute approximate surface area is 254 Å². The van der Waals surface area contributed by atoms with Crippen molar-refractivity contribution in [1.82, 2.24) is 19.5 Å². The second-order valence-corrected chi connectivity index (χ2v) is 10.3. The Kier molecular flexibility index (Phi) is 7.43. The molecule has 3 atom stereocenters. The van der Waals surface area contributed by atoms with Gasteiger partial charge in [0.05, 0.1) is 13.7 Å². The van der Waals surface area contributed by atoms with Crippen LogP contribution in [0.2, 0.25) is 0 Å². The van der Waals surface area contributed by atoms with Crippen LogP contribution in [-0.2, 0) is 10.3 Å². The zero-order chi connectivity index (χ0) is 30.9. The molecule has 0 saturated carbocycles. The van der Waals surface area contributed by atoms with E-state index in [1.54, 1.807) is 7.11 Å². The minimum Gasteiger partial charge on any atom is -0.497 e. The highest BCUT2D eigenvalue weighted by molar-refractivity contribution is 5.78. The van der Waals surface area contributed by atoms with Gasteiger partial charge in [-0.15, -0.1) is 6.42 Å². The molecule has 5 aromatic rings. The Morgan fingerprint density at radius 2 is 1.64 bits per heavy atom. The van der Waals surface area contributed by atoms with Gasteiger partial charge in [-0.05, 0) is 35.7 Å². The molecule has 0 amide bonds. The number of imidazole rings is 1. The highest BCUT2D eigenvalue weighted by Gasteiger charge is 2.54. The van der Waals surface area contributed by atoms with Crippen LogP contribution in [0.25, 0.3) is 11.2 Å². The standard InChI is InChI=1S/C34H31N5O5/c1-5-33(41)28(40)22(3)44-31(33)39-21-35-27-29(39)36-32(37-30(27)43-6-2)38-34(23-13-9-7-10-14-23,24-15-11-8-12-16-24)25-17-19-26(42-4)20-18-25/h1,7-21,28,31,40-41H,3,6H2,2,4H3,(H,36,37,38)/t28-,31?,33-/m1/s1. The number of aliphatic hydroxyl groups is 2. The second kappa shape index (κ2) is 11.4. The van der Waals surface area contributed by atoms with Gasteiger partial charge in [-0.1, -0.05) is 85.3 Å². The van der Waals surface area contributed by atoms with Crippen molar-refractivity contribution in [1.29, 1.82) is 0 Å². The van der Waals surface area contributed by atoms with Gasteiger partial charge in [-0.2, -0.15) is 9.97 Å². The minimum atomic E-state index is -2.12. The molecular formula is C34H31N5O5. The van der Waals surface area contributed by atoms with Crippen LogP contribution in [0.3, 0.4) is 0 Å². The van der Waals surface area contributed by atoms with Crippen molar-refractivity contribution in [3.63, 3.8) is 0 Å². The Bertz CT molecular complexity index is 1800. The van der Waals surface area contributed by atoms with E-state index < -0.39 is 23.5 Å². The first-order valence-corrected chi connectivity index (χ1v) is 14.0. The lowest BCUT2D eigenvalue weighted by molar-refractivity contribution is -0.0630. The van der Waals surface area contributed by atoms with Crippen LogP contribution in [0.5, 0.6) is 11.6 Å². The van der Waals surface area contributed by atoms with E-state index in [2.05, 4.69) is 22.8 Å². The summed E-state index contributed by atoms with van der Waals surface area (Å²) in [4.78, 5) is 14.1. The van der Waals surface area contributed by atoms with Crippen LogP contribution in [0.15, 0.2) is 104 Å². The third kappa shape index (κ3) is 4.59. The van der Waals surface area contributed by atoms with Gasteiger partial charge in [0.15, 0.2) is 17.3 Å². The second-order valence-electron chi connectivity index (χ2n) is 10.3. The van der Waals surface area contributed by atoms with Crippen molar-refractivity contribution >= 4 is 17.1 Å². The van der Waals surface area contributed by atoms with Crippen molar-refractivity contribution in [3.05, 3.63) is 120 Å². The van der Waals surface area contributed by atoms with E-state index in [0.29, 0.717) is 17.9 Å². The molecule has 0 bridgehead atoms. The smallest absolute Gasteiger partial charge is 0.247 e. The van der Waals surface area contributed by atoms with Crippen molar-refractivity contribution < 1.29 is 24.4 Å². The van der Waals surface area contributed by atoms with E-state index >= 15 is 0 Å². The van der Waals surface area contributed by atoms with E-state index in [1.165, 1.54) is 10.9 Å². The summed E-state index contributed by atoms with van der Waals surface area (Å²) in [5.74, 6) is 3.32. The SMILES string of the molecule is C#C[C@]1(O)C(n2cnc3c(OCC)nc(NC(c4ccccc4)(c4ccccc4)c4ccc(OC)cc4)nc32)OC(=C)[C@H]1O. The van der Waals surface area contributed by atoms with Crippen molar-refractivity contribution in [3.8, 4) is 24.0 Å². The molecule has 3 heterocycles. The molecule has 0 spiro atoms. The molecule has 10 heteroatoms. The Hall–Kier alpha value is -5.37. The molecule has 0 radical (unpaired) electrons. The number of methoxy groups -OCH3 is 1. The summed E-state index contributed by atoms with van der Waals surface area (Å²) >= 11 is 0. The lowest BCUT2D eigenvalue weighted by Crippen LogP contribution is -2.43. The summed E-state index contributed by atoms with van der Waals surface area (Å²) < 4.78 is 18.6. The number of anilines is 1. The highest BCUT2D eigenvalue weighted by Crippen LogP contribution is 2.43. The number of benzene rings is 3. The molecule has 10 nitrogen and oxygen atoms in total. The molecular weight excluding hydrogens is 558 g/mol. The minimum absolute atomic E-state index is 0.0681. The van der Waals surface area contributed by atoms with Gasteiger partial charge in [0, 0.05) is 0 Å². The third-order valence-electron chi connectivity index (χ3n) is 7.75. The predicted octanol–water partition coefficient (Wildman–Crippen LogP) is 4.41. The number of aromatic nitrogens is 4. The zero-order valence-corrected chi connectivity index (χ0v) is 24.2. The lowest BCUT2D eigenvalue weighted by atomic mass is 9.77. The maximum atomic E-state index is 11.2. The van der Waals surface area contributed by atoms with Crippen molar-refractivity contribution in [2.45, 2.75) is 30.4 Å². The zero-order valence-electron chi connectivity index (χ0n) is 24.2. The molecule has 2 aromatic heterocycles. The summed E-state index contributed by atoms with van der Waals surface area (Å²) in [5.41, 5.74) is 0.225. The first-order valence-electron chi connectivity index (χ1n) is 14.0. The lowest BCUT2D eigenvalue weighted by Gasteiger charge is -2.37. The van der Waals surface area contributed by atoms with Gasteiger partial charge in [0.2, 0.25) is 23.7 Å². The molecule has 1 fully saturated rings. The fraction of sp³-hybridized carbons (Fsp3) is 0.206. The van der Waals surface area contributed by atoms with Crippen LogP contribution in [-0.4, -0.2) is 55.2 Å². The fourth-order valence-electron chi connectivity index (χ4n) is 5.55. The summed E-state index contributed by atoms with van der Waals surface area (Å²) in [6.45, 7) is 5.85. The number of fused-ring (bicyclic) bond motifs is 1. The number of aliphatic hydroxyl groups excluding tert-OH is 1. The average molecular weight is 590 g/mol. The monoisotopic (exact) mass is 589 g/mol.